The Morgan fingerprint density at radius 1 is 1.11 bits per heavy atom. The van der Waals surface area contributed by atoms with Gasteiger partial charge in [0.1, 0.15) is 5.82 Å². The molecule has 0 aromatic heterocycles. The number of hydrogen-bond acceptors (Lipinski definition) is 3. The van der Waals surface area contributed by atoms with Crippen molar-refractivity contribution in [2.45, 2.75) is 19.8 Å². The highest BCUT2D eigenvalue weighted by atomic mass is 19.1. The summed E-state index contributed by atoms with van der Waals surface area (Å²) in [7, 11) is 0. The third-order valence-corrected chi connectivity index (χ3v) is 4.74. The number of nitrogens with zero attached hydrogens (tertiary/aromatic N) is 1. The van der Waals surface area contributed by atoms with Crippen molar-refractivity contribution in [3.63, 3.8) is 0 Å². The number of benzene rings is 2. The van der Waals surface area contributed by atoms with Crippen LogP contribution in [-0.2, 0) is 9.59 Å². The highest BCUT2D eigenvalue weighted by Crippen LogP contribution is 2.19. The van der Waals surface area contributed by atoms with Crippen molar-refractivity contribution in [1.29, 1.82) is 0 Å². The van der Waals surface area contributed by atoms with Crippen LogP contribution in [-0.4, -0.2) is 36.3 Å². The predicted molar refractivity (Wildman–Crippen MR) is 104 cm³/mol. The van der Waals surface area contributed by atoms with Crippen molar-refractivity contribution in [2.24, 2.45) is 5.92 Å². The molecule has 2 amide bonds. The summed E-state index contributed by atoms with van der Waals surface area (Å²) >= 11 is 0. The van der Waals surface area contributed by atoms with E-state index in [2.05, 4.69) is 10.6 Å². The molecule has 1 fully saturated rings. The van der Waals surface area contributed by atoms with Crippen molar-refractivity contribution in [3.8, 4) is 0 Å². The lowest BCUT2D eigenvalue weighted by Gasteiger charge is -2.31. The topological polar surface area (TPSA) is 61.4 Å². The summed E-state index contributed by atoms with van der Waals surface area (Å²) in [6.07, 6.45) is 1.67. The molecule has 1 heterocycles. The van der Waals surface area contributed by atoms with Crippen LogP contribution >= 0.6 is 0 Å². The number of amides is 2. The Labute approximate surface area is 158 Å². The van der Waals surface area contributed by atoms with Gasteiger partial charge in [-0.2, -0.15) is 0 Å². The zero-order chi connectivity index (χ0) is 19.2. The molecule has 6 heteroatoms. The van der Waals surface area contributed by atoms with E-state index in [-0.39, 0.29) is 30.1 Å². The average Bonchev–Trinajstić information content (AvgIpc) is 2.66. The normalized spacial score (nSPS) is 17.3. The fourth-order valence-electron chi connectivity index (χ4n) is 3.25. The molecule has 2 N–H and O–H groups in total. The number of piperidine rings is 1. The second-order valence-corrected chi connectivity index (χ2v) is 6.94. The van der Waals surface area contributed by atoms with Crippen LogP contribution in [0, 0.1) is 18.7 Å². The first-order valence-electron chi connectivity index (χ1n) is 9.15. The van der Waals surface area contributed by atoms with E-state index < -0.39 is 0 Å². The molecule has 3 rings (SSSR count). The molecule has 0 saturated carbocycles. The first-order chi connectivity index (χ1) is 13.0. The van der Waals surface area contributed by atoms with Gasteiger partial charge in [-0.05, 0) is 56.1 Å². The molecule has 0 bridgehead atoms. The van der Waals surface area contributed by atoms with Gasteiger partial charge in [-0.25, -0.2) is 4.39 Å². The summed E-state index contributed by atoms with van der Waals surface area (Å²) in [6.45, 7) is 3.17. The number of halogens is 1. The molecule has 142 valence electrons. The fourth-order valence-corrected chi connectivity index (χ4v) is 3.25. The van der Waals surface area contributed by atoms with E-state index in [0.29, 0.717) is 17.8 Å². The standard InChI is InChI=1S/C21H24FN3O2/c1-15-9-10-18(12-19(15)22)23-20(26)14-25-11-5-6-16(13-25)21(27)24-17-7-3-2-4-8-17/h2-4,7-10,12,16H,5-6,11,13-14H2,1H3,(H,23,26)(H,24,27). The summed E-state index contributed by atoms with van der Waals surface area (Å²) in [5.41, 5.74) is 1.76. The van der Waals surface area contributed by atoms with Crippen molar-refractivity contribution in [3.05, 3.63) is 59.9 Å². The minimum Gasteiger partial charge on any atom is -0.326 e. The summed E-state index contributed by atoms with van der Waals surface area (Å²) in [4.78, 5) is 26.7. The SMILES string of the molecule is Cc1ccc(NC(=O)CN2CCCC(C(=O)Nc3ccccc3)C2)cc1F. The Morgan fingerprint density at radius 2 is 1.89 bits per heavy atom. The number of aryl methyl sites for hydroxylation is 1. The number of anilines is 2. The monoisotopic (exact) mass is 369 g/mol. The van der Waals surface area contributed by atoms with Crippen molar-refractivity contribution in [2.75, 3.05) is 30.3 Å². The van der Waals surface area contributed by atoms with E-state index in [0.717, 1.165) is 25.1 Å². The van der Waals surface area contributed by atoms with Crippen LogP contribution in [0.5, 0.6) is 0 Å². The highest BCUT2D eigenvalue weighted by Gasteiger charge is 2.26. The lowest BCUT2D eigenvalue weighted by Crippen LogP contribution is -2.44. The molecule has 1 aliphatic heterocycles. The number of hydrogen-bond donors (Lipinski definition) is 2. The molecule has 0 radical (unpaired) electrons. The molecule has 1 aliphatic rings. The average molecular weight is 369 g/mol. The van der Waals surface area contributed by atoms with Gasteiger partial charge in [0.2, 0.25) is 11.8 Å². The van der Waals surface area contributed by atoms with Crippen LogP contribution in [0.1, 0.15) is 18.4 Å². The van der Waals surface area contributed by atoms with Crippen LogP contribution in [0.15, 0.2) is 48.5 Å². The predicted octanol–water partition coefficient (Wildman–Crippen LogP) is 3.42. The minimum absolute atomic E-state index is 0.0214. The molecule has 0 aliphatic carbocycles. The summed E-state index contributed by atoms with van der Waals surface area (Å²) in [6, 6.07) is 14.0. The van der Waals surface area contributed by atoms with Crippen LogP contribution in [0.25, 0.3) is 0 Å². The van der Waals surface area contributed by atoms with E-state index in [4.69, 9.17) is 0 Å². The second kappa shape index (κ2) is 8.77. The Balaban J connectivity index is 1.52. The summed E-state index contributed by atoms with van der Waals surface area (Å²) in [5, 5.41) is 5.65. The first-order valence-corrected chi connectivity index (χ1v) is 9.15. The van der Waals surface area contributed by atoms with E-state index in [1.165, 1.54) is 6.07 Å². The Kier molecular flexibility index (Phi) is 6.19. The minimum atomic E-state index is -0.344. The number of likely N-dealkylation sites (tertiary alicyclic amines) is 1. The Bertz CT molecular complexity index is 810. The summed E-state index contributed by atoms with van der Waals surface area (Å²) < 4.78 is 13.6. The number of para-hydroxylation sites is 1. The molecule has 1 unspecified atom stereocenters. The molecule has 5 nitrogen and oxygen atoms in total. The smallest absolute Gasteiger partial charge is 0.238 e. The van der Waals surface area contributed by atoms with Gasteiger partial charge in [0.15, 0.2) is 0 Å². The van der Waals surface area contributed by atoms with Crippen molar-refractivity contribution >= 4 is 23.2 Å². The Hall–Kier alpha value is -2.73. The molecule has 2 aromatic carbocycles. The number of carbonyl (C=O) groups excluding carboxylic acids is 2. The molecular weight excluding hydrogens is 345 g/mol. The zero-order valence-electron chi connectivity index (χ0n) is 15.4. The quantitative estimate of drug-likeness (QED) is 0.849. The van der Waals surface area contributed by atoms with Gasteiger partial charge < -0.3 is 10.6 Å². The Morgan fingerprint density at radius 3 is 2.63 bits per heavy atom. The third-order valence-electron chi connectivity index (χ3n) is 4.74. The van der Waals surface area contributed by atoms with E-state index in [1.807, 2.05) is 35.2 Å². The molecule has 1 atom stereocenters. The highest BCUT2D eigenvalue weighted by molar-refractivity contribution is 5.93. The number of carbonyl (C=O) groups is 2. The van der Waals surface area contributed by atoms with Gasteiger partial charge in [0.05, 0.1) is 12.5 Å². The lowest BCUT2D eigenvalue weighted by molar-refractivity contribution is -0.123. The van der Waals surface area contributed by atoms with Crippen LogP contribution in [0.2, 0.25) is 0 Å². The number of nitrogens with one attached hydrogen (secondary N) is 2. The van der Waals surface area contributed by atoms with Gasteiger partial charge >= 0.3 is 0 Å². The van der Waals surface area contributed by atoms with Gasteiger partial charge in [-0.3, -0.25) is 14.5 Å². The second-order valence-electron chi connectivity index (χ2n) is 6.94. The molecule has 1 saturated heterocycles. The van der Waals surface area contributed by atoms with Crippen LogP contribution in [0.3, 0.4) is 0 Å². The maximum atomic E-state index is 13.6. The molecular formula is C21H24FN3O2. The van der Waals surface area contributed by atoms with Gasteiger partial charge in [-0.15, -0.1) is 0 Å². The van der Waals surface area contributed by atoms with E-state index in [9.17, 15) is 14.0 Å². The largest absolute Gasteiger partial charge is 0.326 e. The number of rotatable bonds is 5. The van der Waals surface area contributed by atoms with Gasteiger partial charge in [0, 0.05) is 17.9 Å². The van der Waals surface area contributed by atoms with E-state index >= 15 is 0 Å². The first kappa shape index (κ1) is 19.0. The molecule has 2 aromatic rings. The van der Waals surface area contributed by atoms with Gasteiger partial charge in [-0.1, -0.05) is 24.3 Å². The van der Waals surface area contributed by atoms with Gasteiger partial charge in [0.25, 0.3) is 0 Å². The fraction of sp³-hybridized carbons (Fsp3) is 0.333. The zero-order valence-corrected chi connectivity index (χ0v) is 15.4. The lowest BCUT2D eigenvalue weighted by atomic mass is 9.97. The molecule has 0 spiro atoms. The maximum Gasteiger partial charge on any atom is 0.238 e. The van der Waals surface area contributed by atoms with Crippen LogP contribution < -0.4 is 10.6 Å². The summed E-state index contributed by atoms with van der Waals surface area (Å²) in [5.74, 6) is -0.721. The third kappa shape index (κ3) is 5.37. The van der Waals surface area contributed by atoms with Crippen molar-refractivity contribution in [1.82, 2.24) is 4.90 Å². The van der Waals surface area contributed by atoms with Crippen molar-refractivity contribution < 1.29 is 14.0 Å². The molecule has 27 heavy (non-hydrogen) atoms. The maximum absolute atomic E-state index is 13.6. The van der Waals surface area contributed by atoms with Crippen LogP contribution in [0.4, 0.5) is 15.8 Å². The van der Waals surface area contributed by atoms with E-state index in [1.54, 1.807) is 19.1 Å².